The van der Waals surface area contributed by atoms with Crippen LogP contribution in [0.25, 0.3) is 0 Å². The first-order valence-electron chi connectivity index (χ1n) is 18.2. The van der Waals surface area contributed by atoms with E-state index in [2.05, 4.69) is 62.5 Å². The van der Waals surface area contributed by atoms with E-state index in [0.717, 1.165) is 44.9 Å². The molecular weight excluding hydrogens is 548 g/mol. The highest BCUT2D eigenvalue weighted by atomic mass is 16.6. The van der Waals surface area contributed by atoms with Gasteiger partial charge in [0.05, 0.1) is 6.61 Å². The van der Waals surface area contributed by atoms with Gasteiger partial charge in [0.1, 0.15) is 6.61 Å². The topological polar surface area (TPSA) is 72.8 Å². The maximum absolute atomic E-state index is 12.1. The minimum Gasteiger partial charge on any atom is -0.462 e. The lowest BCUT2D eigenvalue weighted by atomic mass is 10.1. The Labute approximate surface area is 271 Å². The molecule has 0 aromatic heterocycles. The lowest BCUT2D eigenvalue weighted by Crippen LogP contribution is -2.28. The van der Waals surface area contributed by atoms with E-state index in [4.69, 9.17) is 9.47 Å². The van der Waals surface area contributed by atoms with Crippen LogP contribution >= 0.6 is 0 Å². The summed E-state index contributed by atoms with van der Waals surface area (Å²) in [6, 6.07) is 0. The fourth-order valence-corrected chi connectivity index (χ4v) is 4.80. The van der Waals surface area contributed by atoms with E-state index < -0.39 is 6.10 Å². The summed E-state index contributed by atoms with van der Waals surface area (Å²) in [5, 5.41) is 9.51. The third-order valence-electron chi connectivity index (χ3n) is 7.60. The van der Waals surface area contributed by atoms with Crippen LogP contribution in [0.4, 0.5) is 0 Å². The second-order valence-electron chi connectivity index (χ2n) is 11.9. The van der Waals surface area contributed by atoms with Crippen molar-refractivity contribution in [2.45, 2.75) is 174 Å². The fraction of sp³-hybridized carbons (Fsp3) is 0.744. The molecule has 0 spiro atoms. The number of esters is 2. The van der Waals surface area contributed by atoms with Crippen molar-refractivity contribution in [3.63, 3.8) is 0 Å². The number of rotatable bonds is 32. The number of carbonyl (C=O) groups is 2. The van der Waals surface area contributed by atoms with Crippen LogP contribution in [0.15, 0.2) is 48.6 Å². The molecule has 5 nitrogen and oxygen atoms in total. The van der Waals surface area contributed by atoms with Crippen LogP contribution in [0.2, 0.25) is 0 Å². The normalized spacial score (nSPS) is 12.7. The zero-order valence-electron chi connectivity index (χ0n) is 28.7. The second-order valence-corrected chi connectivity index (χ2v) is 11.9. The number of aliphatic hydroxyl groups excluding tert-OH is 1. The van der Waals surface area contributed by atoms with Crippen molar-refractivity contribution in [1.82, 2.24) is 0 Å². The lowest BCUT2D eigenvalue weighted by molar-refractivity contribution is -0.161. The summed E-state index contributed by atoms with van der Waals surface area (Å²) in [4.78, 5) is 24.1. The largest absolute Gasteiger partial charge is 0.462 e. The lowest BCUT2D eigenvalue weighted by Gasteiger charge is -2.15. The summed E-state index contributed by atoms with van der Waals surface area (Å²) in [5.41, 5.74) is 0. The monoisotopic (exact) mass is 617 g/mol. The maximum Gasteiger partial charge on any atom is 0.306 e. The molecule has 0 radical (unpaired) electrons. The Morgan fingerprint density at radius 2 is 0.932 bits per heavy atom. The molecule has 0 aliphatic heterocycles. The van der Waals surface area contributed by atoms with Crippen LogP contribution in [-0.2, 0) is 19.1 Å². The Kier molecular flexibility index (Phi) is 33.6. The fourth-order valence-electron chi connectivity index (χ4n) is 4.80. The average molecular weight is 617 g/mol. The zero-order chi connectivity index (χ0) is 32.2. The van der Waals surface area contributed by atoms with Gasteiger partial charge in [0.25, 0.3) is 0 Å². The van der Waals surface area contributed by atoms with Gasteiger partial charge in [-0.1, -0.05) is 133 Å². The molecule has 0 aliphatic rings. The van der Waals surface area contributed by atoms with Crippen molar-refractivity contribution in [3.8, 4) is 0 Å². The predicted molar refractivity (Wildman–Crippen MR) is 187 cm³/mol. The molecule has 0 saturated heterocycles. The van der Waals surface area contributed by atoms with E-state index in [1.807, 2.05) is 0 Å². The predicted octanol–water partition coefficient (Wildman–Crippen LogP) is 11.1. The number of hydrogen-bond donors (Lipinski definition) is 1. The van der Waals surface area contributed by atoms with Crippen LogP contribution in [0.1, 0.15) is 168 Å². The molecule has 0 unspecified atom stereocenters. The molecule has 1 N–H and O–H groups in total. The highest BCUT2D eigenvalue weighted by Crippen LogP contribution is 2.11. The van der Waals surface area contributed by atoms with E-state index in [0.29, 0.717) is 12.8 Å². The van der Waals surface area contributed by atoms with E-state index in [1.54, 1.807) is 0 Å². The maximum atomic E-state index is 12.1. The van der Waals surface area contributed by atoms with Gasteiger partial charge < -0.3 is 14.6 Å². The molecule has 0 aliphatic carbocycles. The number of unbranched alkanes of at least 4 members (excludes halogenated alkanes) is 16. The minimum atomic E-state index is -0.799. The second kappa shape index (κ2) is 35.3. The summed E-state index contributed by atoms with van der Waals surface area (Å²) in [6.45, 7) is 4.05. The number of hydrogen-bond acceptors (Lipinski definition) is 5. The first-order valence-corrected chi connectivity index (χ1v) is 18.2. The summed E-state index contributed by atoms with van der Waals surface area (Å²) < 4.78 is 10.5. The Bertz CT molecular complexity index is 752. The van der Waals surface area contributed by atoms with Crippen LogP contribution in [0.5, 0.6) is 0 Å². The summed E-state index contributed by atoms with van der Waals surface area (Å²) in [6.07, 6.45) is 43.1. The molecule has 0 saturated carbocycles. The third-order valence-corrected chi connectivity index (χ3v) is 7.60. The van der Waals surface area contributed by atoms with Crippen LogP contribution < -0.4 is 0 Å². The molecule has 0 rings (SSSR count). The zero-order valence-corrected chi connectivity index (χ0v) is 28.7. The molecule has 1 atom stereocenters. The van der Waals surface area contributed by atoms with E-state index in [-0.39, 0.29) is 31.6 Å². The van der Waals surface area contributed by atoms with Gasteiger partial charge in [-0.3, -0.25) is 9.59 Å². The molecule has 0 amide bonds. The Morgan fingerprint density at radius 3 is 1.48 bits per heavy atom. The summed E-state index contributed by atoms with van der Waals surface area (Å²) in [7, 11) is 0. The Balaban J connectivity index is 3.69. The summed E-state index contributed by atoms with van der Waals surface area (Å²) >= 11 is 0. The van der Waals surface area contributed by atoms with Gasteiger partial charge in [0, 0.05) is 12.8 Å². The van der Waals surface area contributed by atoms with Crippen molar-refractivity contribution in [2.24, 2.45) is 0 Å². The van der Waals surface area contributed by atoms with E-state index in [1.165, 1.54) is 89.9 Å². The first-order chi connectivity index (χ1) is 21.6. The van der Waals surface area contributed by atoms with Crippen molar-refractivity contribution in [3.05, 3.63) is 48.6 Å². The van der Waals surface area contributed by atoms with Crippen molar-refractivity contribution < 1.29 is 24.2 Å². The molecule has 0 aromatic carbocycles. The van der Waals surface area contributed by atoms with Crippen LogP contribution in [0.3, 0.4) is 0 Å². The Morgan fingerprint density at radius 1 is 0.523 bits per heavy atom. The van der Waals surface area contributed by atoms with Gasteiger partial charge in [-0.2, -0.15) is 0 Å². The molecule has 0 heterocycles. The standard InChI is InChI=1S/C39H68O5/c1-3-5-7-9-11-13-15-17-18-19-20-22-24-26-28-30-32-34-39(42)44-37(35-40)36-43-38(41)33-31-29-27-25-23-21-16-14-12-10-8-6-4-2/h14,16-18,20,22,26,28,37,40H,3-13,15,19,21,23-25,27,29-36H2,1-2H3/t37-/m0/s1. The van der Waals surface area contributed by atoms with Crippen molar-refractivity contribution >= 4 is 11.9 Å². The van der Waals surface area contributed by atoms with Crippen LogP contribution in [0, 0.1) is 0 Å². The van der Waals surface area contributed by atoms with Gasteiger partial charge in [0.2, 0.25) is 0 Å². The van der Waals surface area contributed by atoms with Gasteiger partial charge in [-0.25, -0.2) is 0 Å². The van der Waals surface area contributed by atoms with Crippen molar-refractivity contribution in [2.75, 3.05) is 13.2 Å². The van der Waals surface area contributed by atoms with Gasteiger partial charge in [-0.05, 0) is 70.6 Å². The molecule has 254 valence electrons. The molecule has 0 aromatic rings. The number of allylic oxidation sites excluding steroid dienone is 8. The first kappa shape index (κ1) is 41.9. The Hall–Kier alpha value is -2.14. The highest BCUT2D eigenvalue weighted by Gasteiger charge is 2.15. The smallest absolute Gasteiger partial charge is 0.306 e. The van der Waals surface area contributed by atoms with E-state index in [9.17, 15) is 14.7 Å². The SMILES string of the molecule is CCCCCCC=CCCCCCCCC(=O)OC[C@H](CO)OC(=O)CCCC=CCC=CCC=CCCCCCCCC. The molecule has 5 heteroatoms. The molecule has 0 fully saturated rings. The number of carbonyl (C=O) groups excluding carboxylic acids is 2. The average Bonchev–Trinajstić information content (AvgIpc) is 3.02. The van der Waals surface area contributed by atoms with Gasteiger partial charge >= 0.3 is 11.9 Å². The number of ether oxygens (including phenoxy) is 2. The third kappa shape index (κ3) is 32.8. The molecule has 44 heavy (non-hydrogen) atoms. The van der Waals surface area contributed by atoms with E-state index >= 15 is 0 Å². The molecule has 0 bridgehead atoms. The van der Waals surface area contributed by atoms with Gasteiger partial charge in [-0.15, -0.1) is 0 Å². The van der Waals surface area contributed by atoms with Gasteiger partial charge in [0.15, 0.2) is 6.10 Å². The minimum absolute atomic E-state index is 0.0909. The number of aliphatic hydroxyl groups is 1. The van der Waals surface area contributed by atoms with Crippen LogP contribution in [-0.4, -0.2) is 36.4 Å². The molecular formula is C39H68O5. The van der Waals surface area contributed by atoms with Crippen molar-refractivity contribution in [1.29, 1.82) is 0 Å². The summed E-state index contributed by atoms with van der Waals surface area (Å²) in [5.74, 6) is -0.665. The highest BCUT2D eigenvalue weighted by molar-refractivity contribution is 5.70. The quantitative estimate of drug-likeness (QED) is 0.0462.